The van der Waals surface area contributed by atoms with Gasteiger partial charge in [-0.3, -0.25) is 4.79 Å². The zero-order chi connectivity index (χ0) is 19.6. The van der Waals surface area contributed by atoms with Crippen LogP contribution in [-0.4, -0.2) is 25.0 Å². The molecule has 1 aromatic rings. The van der Waals surface area contributed by atoms with Gasteiger partial charge in [-0.25, -0.2) is 0 Å². The van der Waals surface area contributed by atoms with Crippen molar-refractivity contribution in [2.45, 2.75) is 57.5 Å². The van der Waals surface area contributed by atoms with Crippen molar-refractivity contribution < 1.29 is 32.2 Å². The number of halogens is 3. The number of ether oxygens (including phenoxy) is 3. The van der Waals surface area contributed by atoms with E-state index in [0.717, 1.165) is 25.7 Å². The maximum absolute atomic E-state index is 12.4. The average Bonchev–Trinajstić information content (AvgIpc) is 2.60. The molecule has 150 valence electrons. The molecule has 1 fully saturated rings. The van der Waals surface area contributed by atoms with E-state index in [2.05, 4.69) is 4.74 Å². The number of carbonyl (C=O) groups excluding carboxylic acids is 1. The Balaban J connectivity index is 1.65. The zero-order valence-corrected chi connectivity index (χ0v) is 15.1. The van der Waals surface area contributed by atoms with Gasteiger partial charge in [0.25, 0.3) is 0 Å². The van der Waals surface area contributed by atoms with E-state index in [1.54, 1.807) is 6.92 Å². The fourth-order valence-corrected chi connectivity index (χ4v) is 3.98. The van der Waals surface area contributed by atoms with E-state index in [1.165, 1.54) is 18.2 Å². The molecule has 27 heavy (non-hydrogen) atoms. The number of nitrogens with two attached hydrogens (primary N) is 1. The van der Waals surface area contributed by atoms with Gasteiger partial charge in [0.1, 0.15) is 17.6 Å². The molecule has 1 heterocycles. The van der Waals surface area contributed by atoms with Gasteiger partial charge < -0.3 is 19.9 Å². The predicted octanol–water partition coefficient (Wildman–Crippen LogP) is 4.11. The molecule has 2 atom stereocenters. The lowest BCUT2D eigenvalue weighted by Crippen LogP contribution is -2.38. The first-order valence-corrected chi connectivity index (χ1v) is 9.25. The summed E-state index contributed by atoms with van der Waals surface area (Å²) >= 11 is 0. The summed E-state index contributed by atoms with van der Waals surface area (Å²) in [6, 6.07) is 3.72. The van der Waals surface area contributed by atoms with Crippen molar-refractivity contribution in [1.29, 1.82) is 0 Å². The topological polar surface area (TPSA) is 70.8 Å². The summed E-state index contributed by atoms with van der Waals surface area (Å²) in [5.41, 5.74) is 6.90. The van der Waals surface area contributed by atoms with E-state index in [9.17, 15) is 18.0 Å². The van der Waals surface area contributed by atoms with E-state index in [-0.39, 0.29) is 35.7 Å². The van der Waals surface area contributed by atoms with Gasteiger partial charge in [0.2, 0.25) is 0 Å². The lowest BCUT2D eigenvalue weighted by Gasteiger charge is -2.38. The maximum Gasteiger partial charge on any atom is 0.573 e. The molecule has 0 radical (unpaired) electrons. The highest BCUT2D eigenvalue weighted by Gasteiger charge is 2.37. The van der Waals surface area contributed by atoms with Crippen LogP contribution in [0.5, 0.6) is 11.5 Å². The molecular formula is C19H24F3NO4. The number of esters is 1. The quantitative estimate of drug-likeness (QED) is 0.788. The third kappa shape index (κ3) is 4.86. The second kappa shape index (κ2) is 7.96. The minimum Gasteiger partial charge on any atom is -0.490 e. The first-order valence-electron chi connectivity index (χ1n) is 9.25. The number of hydrogen-bond acceptors (Lipinski definition) is 5. The minimum absolute atomic E-state index is 0.0856. The largest absolute Gasteiger partial charge is 0.573 e. The Morgan fingerprint density at radius 2 is 1.96 bits per heavy atom. The van der Waals surface area contributed by atoms with Gasteiger partial charge in [-0.1, -0.05) is 6.07 Å². The molecule has 8 heteroatoms. The minimum atomic E-state index is -4.75. The monoisotopic (exact) mass is 387 g/mol. The van der Waals surface area contributed by atoms with E-state index >= 15 is 0 Å². The second-order valence-electron chi connectivity index (χ2n) is 7.11. The molecule has 0 amide bonds. The second-order valence-corrected chi connectivity index (χ2v) is 7.11. The molecule has 0 aromatic heterocycles. The highest BCUT2D eigenvalue weighted by atomic mass is 19.4. The summed E-state index contributed by atoms with van der Waals surface area (Å²) in [7, 11) is 0. The van der Waals surface area contributed by atoms with Crippen LogP contribution in [0.1, 0.15) is 50.6 Å². The van der Waals surface area contributed by atoms with Gasteiger partial charge in [-0.05, 0) is 44.6 Å². The smallest absolute Gasteiger partial charge is 0.490 e. The number of alkyl halides is 3. The highest BCUT2D eigenvalue weighted by Crippen LogP contribution is 2.42. The maximum atomic E-state index is 12.4. The van der Waals surface area contributed by atoms with E-state index < -0.39 is 6.36 Å². The molecule has 1 saturated carbocycles. The summed E-state index contributed by atoms with van der Waals surface area (Å²) in [6.45, 7) is 2.16. The Bertz CT molecular complexity index is 671. The summed E-state index contributed by atoms with van der Waals surface area (Å²) in [6.07, 6.45) is -1.29. The highest BCUT2D eigenvalue weighted by molar-refractivity contribution is 5.72. The third-order valence-electron chi connectivity index (χ3n) is 5.30. The molecule has 3 rings (SSSR count). The fraction of sp³-hybridized carbons (Fsp3) is 0.632. The van der Waals surface area contributed by atoms with Crippen LogP contribution >= 0.6 is 0 Å². The first-order chi connectivity index (χ1) is 12.8. The molecule has 2 N–H and O–H groups in total. The molecular weight excluding hydrogens is 363 g/mol. The summed E-state index contributed by atoms with van der Waals surface area (Å²) in [5.74, 6) is -0.00996. The number of carbonyl (C=O) groups is 1. The summed E-state index contributed by atoms with van der Waals surface area (Å²) in [4.78, 5) is 11.9. The van der Waals surface area contributed by atoms with Crippen LogP contribution in [0.25, 0.3) is 0 Å². The van der Waals surface area contributed by atoms with Gasteiger partial charge in [-0.2, -0.15) is 0 Å². The van der Waals surface area contributed by atoms with Gasteiger partial charge >= 0.3 is 12.3 Å². The van der Waals surface area contributed by atoms with Gasteiger partial charge in [0, 0.05) is 24.1 Å². The summed E-state index contributed by atoms with van der Waals surface area (Å²) < 4.78 is 52.4. The number of rotatable bonds is 4. The Labute approximate surface area is 156 Å². The number of fused-ring (bicyclic) bond motifs is 1. The van der Waals surface area contributed by atoms with Crippen LogP contribution in [0, 0.1) is 11.8 Å². The van der Waals surface area contributed by atoms with E-state index in [4.69, 9.17) is 15.2 Å². The Morgan fingerprint density at radius 1 is 1.26 bits per heavy atom. The van der Waals surface area contributed by atoms with Crippen molar-refractivity contribution in [3.8, 4) is 11.5 Å². The first kappa shape index (κ1) is 19.8. The normalized spacial score (nSPS) is 28.0. The van der Waals surface area contributed by atoms with Crippen LogP contribution in [0.2, 0.25) is 0 Å². The third-order valence-corrected chi connectivity index (χ3v) is 5.30. The Morgan fingerprint density at radius 3 is 2.59 bits per heavy atom. The van der Waals surface area contributed by atoms with Crippen molar-refractivity contribution in [2.24, 2.45) is 17.6 Å². The van der Waals surface area contributed by atoms with E-state index in [1.807, 2.05) is 0 Å². The van der Waals surface area contributed by atoms with Crippen LogP contribution in [0.4, 0.5) is 13.2 Å². The average molecular weight is 387 g/mol. The van der Waals surface area contributed by atoms with Crippen LogP contribution in [-0.2, 0) is 9.53 Å². The molecule has 1 aliphatic heterocycles. The Hall–Kier alpha value is -1.96. The molecule has 0 spiro atoms. The summed E-state index contributed by atoms with van der Waals surface area (Å²) in [5, 5.41) is 0. The molecule has 2 aliphatic rings. The van der Waals surface area contributed by atoms with E-state index in [0.29, 0.717) is 24.3 Å². The zero-order valence-electron chi connectivity index (χ0n) is 15.1. The van der Waals surface area contributed by atoms with Crippen molar-refractivity contribution in [3.05, 3.63) is 23.8 Å². The predicted molar refractivity (Wildman–Crippen MR) is 91.2 cm³/mol. The lowest BCUT2D eigenvalue weighted by molar-refractivity contribution is -0.274. The SMILES string of the molecule is CCOC(=O)[C@H]1CC[C@H]([C@H]2C[C@@H](N)c3ccc(OC(F)(F)F)cc3O2)CC1. The number of benzene rings is 1. The van der Waals surface area contributed by atoms with Gasteiger partial charge in [0.15, 0.2) is 0 Å². The molecule has 0 unspecified atom stereocenters. The standard InChI is InChI=1S/C19H24F3NO4/c1-2-25-18(24)12-5-3-11(4-6-12)16-10-15(23)14-8-7-13(9-17(14)26-16)27-19(20,21)22/h7-9,11-12,15-16H,2-6,10,23H2,1H3/t11-,12-,15-,16-/m1/s1. The molecule has 5 nitrogen and oxygen atoms in total. The number of hydrogen-bond donors (Lipinski definition) is 1. The van der Waals surface area contributed by atoms with Crippen molar-refractivity contribution in [1.82, 2.24) is 0 Å². The molecule has 1 aliphatic carbocycles. The van der Waals surface area contributed by atoms with Crippen molar-refractivity contribution >= 4 is 5.97 Å². The van der Waals surface area contributed by atoms with Crippen LogP contribution in [0.3, 0.4) is 0 Å². The van der Waals surface area contributed by atoms with Crippen LogP contribution in [0.15, 0.2) is 18.2 Å². The van der Waals surface area contributed by atoms with Crippen molar-refractivity contribution in [2.75, 3.05) is 6.61 Å². The van der Waals surface area contributed by atoms with Gasteiger partial charge in [0.05, 0.1) is 12.5 Å². The fourth-order valence-electron chi connectivity index (χ4n) is 3.98. The van der Waals surface area contributed by atoms with Gasteiger partial charge in [-0.15, -0.1) is 13.2 Å². The van der Waals surface area contributed by atoms with Crippen LogP contribution < -0.4 is 15.2 Å². The van der Waals surface area contributed by atoms with Crippen molar-refractivity contribution in [3.63, 3.8) is 0 Å². The lowest BCUT2D eigenvalue weighted by atomic mass is 9.77. The Kier molecular flexibility index (Phi) is 5.83. The molecule has 0 saturated heterocycles. The molecule has 0 bridgehead atoms. The molecule has 1 aromatic carbocycles.